The predicted molar refractivity (Wildman–Crippen MR) is 149 cm³/mol. The second kappa shape index (κ2) is 12.9. The summed E-state index contributed by atoms with van der Waals surface area (Å²) in [6, 6.07) is 12.7. The first kappa shape index (κ1) is 29.2. The highest BCUT2D eigenvalue weighted by atomic mass is 19.1. The minimum Gasteiger partial charge on any atom is -0.453 e. The molecule has 0 radical (unpaired) electrons. The van der Waals surface area contributed by atoms with Crippen molar-refractivity contribution in [2.45, 2.75) is 47.5 Å². The highest BCUT2D eigenvalue weighted by Crippen LogP contribution is 2.47. The van der Waals surface area contributed by atoms with Gasteiger partial charge in [-0.3, -0.25) is 19.6 Å². The van der Waals surface area contributed by atoms with Crippen LogP contribution in [-0.2, 0) is 9.59 Å². The van der Waals surface area contributed by atoms with Gasteiger partial charge in [0, 0.05) is 35.5 Å². The molecule has 0 unspecified atom stereocenters. The number of carbonyl (C=O) groups is 2. The molecular weight excluding hydrogens is 502 g/mol. The minimum atomic E-state index is -1.25. The number of nitrogens with one attached hydrogen (secondary N) is 2. The van der Waals surface area contributed by atoms with Crippen molar-refractivity contribution < 1.29 is 23.1 Å². The molecule has 0 bridgehead atoms. The number of ether oxygens (including phenoxy) is 1. The summed E-state index contributed by atoms with van der Waals surface area (Å²) >= 11 is 0. The normalized spacial score (nSPS) is 12.7. The number of amides is 2. The van der Waals surface area contributed by atoms with E-state index in [4.69, 9.17) is 4.74 Å². The molecule has 9 heteroatoms. The molecule has 2 aromatic heterocycles. The van der Waals surface area contributed by atoms with E-state index < -0.39 is 28.9 Å². The van der Waals surface area contributed by atoms with Crippen LogP contribution in [0.15, 0.2) is 67.0 Å². The quantitative estimate of drug-likeness (QED) is 0.251. The van der Waals surface area contributed by atoms with Crippen LogP contribution in [0.4, 0.5) is 20.2 Å². The molecule has 2 N–H and O–H groups in total. The maximum Gasteiger partial charge on any atom is 0.240 e. The van der Waals surface area contributed by atoms with E-state index in [9.17, 15) is 18.4 Å². The Bertz CT molecular complexity index is 1450. The number of aryl methyl sites for hydroxylation is 1. The van der Waals surface area contributed by atoms with Crippen LogP contribution in [0.5, 0.6) is 11.5 Å². The molecule has 1 aliphatic carbocycles. The zero-order valence-corrected chi connectivity index (χ0v) is 22.6. The number of benzene rings is 2. The molecule has 204 valence electrons. The Hall–Kier alpha value is -4.40. The van der Waals surface area contributed by atoms with E-state index in [1.807, 2.05) is 34.6 Å². The summed E-state index contributed by atoms with van der Waals surface area (Å²) in [5, 5.41) is 5.88. The monoisotopic (exact) mass is 534 g/mol. The van der Waals surface area contributed by atoms with Crippen LogP contribution in [0, 0.1) is 24.0 Å². The van der Waals surface area contributed by atoms with Gasteiger partial charge >= 0.3 is 0 Å². The van der Waals surface area contributed by atoms with Crippen LogP contribution in [0.3, 0.4) is 0 Å². The first-order valence-corrected chi connectivity index (χ1v) is 12.9. The van der Waals surface area contributed by atoms with Gasteiger partial charge in [-0.1, -0.05) is 27.7 Å². The standard InChI is InChI=1S/C26H20F2N4O3.2C2H6/c1-15-12-21-19(14-30-15)22(8-11-29-21)35-23-7-6-18(13-20(23)28)32-25(34)26(9-10-26)24(33)31-17-4-2-16(27)3-5-17;2*1-2/h2-8,11-14H,9-10H2,1H3,(H,31,33)(H,32,34);2*1-2H3. The van der Waals surface area contributed by atoms with E-state index in [1.54, 1.807) is 24.5 Å². The highest BCUT2D eigenvalue weighted by molar-refractivity contribution is 6.16. The highest BCUT2D eigenvalue weighted by Gasteiger charge is 2.56. The predicted octanol–water partition coefficient (Wildman–Crippen LogP) is 7.42. The maximum atomic E-state index is 14.8. The van der Waals surface area contributed by atoms with Gasteiger partial charge in [-0.25, -0.2) is 8.78 Å². The van der Waals surface area contributed by atoms with Crippen molar-refractivity contribution in [3.05, 3.63) is 84.3 Å². The summed E-state index contributed by atoms with van der Waals surface area (Å²) in [7, 11) is 0. The van der Waals surface area contributed by atoms with Crippen molar-refractivity contribution in [1.29, 1.82) is 0 Å². The van der Waals surface area contributed by atoms with Crippen LogP contribution in [0.1, 0.15) is 46.2 Å². The second-order valence-electron chi connectivity index (χ2n) is 8.40. The van der Waals surface area contributed by atoms with Gasteiger partial charge in [-0.15, -0.1) is 0 Å². The van der Waals surface area contributed by atoms with Gasteiger partial charge in [0.05, 0.1) is 10.9 Å². The second-order valence-corrected chi connectivity index (χ2v) is 8.40. The van der Waals surface area contributed by atoms with Crippen LogP contribution in [0.2, 0.25) is 0 Å². The Kier molecular flexibility index (Phi) is 9.65. The Morgan fingerprint density at radius 1 is 0.821 bits per heavy atom. The largest absolute Gasteiger partial charge is 0.453 e. The fraction of sp³-hybridized carbons (Fsp3) is 0.267. The van der Waals surface area contributed by atoms with Crippen LogP contribution in [0.25, 0.3) is 10.9 Å². The third-order valence-corrected chi connectivity index (χ3v) is 5.85. The number of nitrogens with zero attached hydrogens (tertiary/aromatic N) is 2. The molecule has 2 aromatic carbocycles. The summed E-state index contributed by atoms with van der Waals surface area (Å²) < 4.78 is 33.7. The maximum absolute atomic E-state index is 14.8. The fourth-order valence-electron chi connectivity index (χ4n) is 3.70. The molecule has 0 saturated heterocycles. The lowest BCUT2D eigenvalue weighted by Gasteiger charge is -2.16. The number of rotatable bonds is 6. The Morgan fingerprint density at radius 3 is 2.05 bits per heavy atom. The van der Waals surface area contributed by atoms with Gasteiger partial charge in [-0.2, -0.15) is 0 Å². The van der Waals surface area contributed by atoms with Gasteiger partial charge in [0.15, 0.2) is 11.6 Å². The van der Waals surface area contributed by atoms with Gasteiger partial charge in [0.1, 0.15) is 17.0 Å². The van der Waals surface area contributed by atoms with Crippen molar-refractivity contribution in [3.8, 4) is 11.5 Å². The zero-order chi connectivity index (χ0) is 28.6. The van der Waals surface area contributed by atoms with Crippen molar-refractivity contribution in [2.24, 2.45) is 5.41 Å². The molecule has 1 fully saturated rings. The average Bonchev–Trinajstić information content (AvgIpc) is 3.76. The molecule has 0 spiro atoms. The first-order chi connectivity index (χ1) is 18.8. The summed E-state index contributed by atoms with van der Waals surface area (Å²) in [6.07, 6.45) is 3.90. The fourth-order valence-corrected chi connectivity index (χ4v) is 3.70. The number of hydrogen-bond acceptors (Lipinski definition) is 5. The van der Waals surface area contributed by atoms with Crippen LogP contribution < -0.4 is 15.4 Å². The minimum absolute atomic E-state index is 0.0359. The summed E-state index contributed by atoms with van der Waals surface area (Å²) in [6.45, 7) is 9.85. The number of pyridine rings is 2. The molecule has 4 aromatic rings. The average molecular weight is 535 g/mol. The molecular formula is C30H32F2N4O3. The first-order valence-electron chi connectivity index (χ1n) is 12.9. The lowest BCUT2D eigenvalue weighted by Crippen LogP contribution is -2.35. The van der Waals surface area contributed by atoms with E-state index >= 15 is 0 Å². The zero-order valence-electron chi connectivity index (χ0n) is 22.6. The molecule has 0 aliphatic heterocycles. The smallest absolute Gasteiger partial charge is 0.240 e. The van der Waals surface area contributed by atoms with E-state index in [2.05, 4.69) is 20.6 Å². The number of fused-ring (bicyclic) bond motifs is 1. The number of halogens is 2. The van der Waals surface area contributed by atoms with Crippen LogP contribution >= 0.6 is 0 Å². The molecule has 0 atom stereocenters. The lowest BCUT2D eigenvalue weighted by atomic mass is 10.0. The SMILES string of the molecule is CC.CC.Cc1cc2nccc(Oc3ccc(NC(=O)C4(C(=O)Nc5ccc(F)cc5)CC4)cc3F)c2cn1. The number of aromatic nitrogens is 2. The topological polar surface area (TPSA) is 93.2 Å². The summed E-state index contributed by atoms with van der Waals surface area (Å²) in [4.78, 5) is 34.1. The third kappa shape index (κ3) is 6.73. The van der Waals surface area contributed by atoms with Crippen molar-refractivity contribution in [3.63, 3.8) is 0 Å². The van der Waals surface area contributed by atoms with Gasteiger partial charge in [-0.05, 0) is 68.3 Å². The van der Waals surface area contributed by atoms with Crippen LogP contribution in [-0.4, -0.2) is 21.8 Å². The number of carbonyl (C=O) groups excluding carboxylic acids is 2. The molecule has 7 nitrogen and oxygen atoms in total. The Balaban J connectivity index is 0.00000100. The van der Waals surface area contributed by atoms with E-state index in [0.29, 0.717) is 35.2 Å². The van der Waals surface area contributed by atoms with E-state index in [0.717, 1.165) is 11.8 Å². The summed E-state index contributed by atoms with van der Waals surface area (Å²) in [5.41, 5.74) is 0.803. The Morgan fingerprint density at radius 2 is 1.44 bits per heavy atom. The molecule has 5 rings (SSSR count). The van der Waals surface area contributed by atoms with Crippen molar-refractivity contribution in [2.75, 3.05) is 10.6 Å². The molecule has 2 heterocycles. The van der Waals surface area contributed by atoms with Gasteiger partial charge in [0.25, 0.3) is 0 Å². The lowest BCUT2D eigenvalue weighted by molar-refractivity contribution is -0.131. The molecule has 2 amide bonds. The number of hydrogen-bond donors (Lipinski definition) is 2. The molecule has 1 aliphatic rings. The number of anilines is 2. The molecule has 1 saturated carbocycles. The summed E-state index contributed by atoms with van der Waals surface area (Å²) in [5.74, 6) is -1.78. The van der Waals surface area contributed by atoms with Crippen molar-refractivity contribution in [1.82, 2.24) is 9.97 Å². The van der Waals surface area contributed by atoms with E-state index in [1.165, 1.54) is 36.4 Å². The van der Waals surface area contributed by atoms with Crippen molar-refractivity contribution >= 4 is 34.1 Å². The van der Waals surface area contributed by atoms with E-state index in [-0.39, 0.29) is 11.4 Å². The van der Waals surface area contributed by atoms with Gasteiger partial charge in [0.2, 0.25) is 11.8 Å². The molecule has 39 heavy (non-hydrogen) atoms. The van der Waals surface area contributed by atoms with Gasteiger partial charge < -0.3 is 15.4 Å². The third-order valence-electron chi connectivity index (χ3n) is 5.85. The Labute approximate surface area is 226 Å².